The van der Waals surface area contributed by atoms with Crippen molar-refractivity contribution in [3.05, 3.63) is 64.6 Å². The number of rotatable bonds is 7. The molecular formula is C21H17N3O4S. The first-order valence-electron chi connectivity index (χ1n) is 8.64. The van der Waals surface area contributed by atoms with Crippen LogP contribution in [0.15, 0.2) is 54.0 Å². The number of carboxylic acid groups (broad SMARTS) is 1. The Morgan fingerprint density at radius 2 is 2.07 bits per heavy atom. The number of nitrogens with zero attached hydrogens (tertiary/aromatic N) is 2. The van der Waals surface area contributed by atoms with Gasteiger partial charge in [0.2, 0.25) is 0 Å². The van der Waals surface area contributed by atoms with Gasteiger partial charge in [0.05, 0.1) is 12.3 Å². The molecule has 29 heavy (non-hydrogen) atoms. The van der Waals surface area contributed by atoms with Crippen molar-refractivity contribution in [3.63, 3.8) is 0 Å². The quantitative estimate of drug-likeness (QED) is 0.387. The molecule has 8 heteroatoms. The molecule has 2 aromatic carbocycles. The van der Waals surface area contributed by atoms with Gasteiger partial charge in [0.15, 0.2) is 0 Å². The van der Waals surface area contributed by atoms with Gasteiger partial charge in [-0.2, -0.15) is 5.26 Å². The lowest BCUT2D eigenvalue weighted by molar-refractivity contribution is 0.0694. The Hall–Kier alpha value is -3.83. The van der Waals surface area contributed by atoms with Crippen molar-refractivity contribution in [3.8, 4) is 28.8 Å². The minimum atomic E-state index is -1.24. The molecule has 0 unspecified atom stereocenters. The summed E-state index contributed by atoms with van der Waals surface area (Å²) in [5, 5.41) is 33.4. The van der Waals surface area contributed by atoms with E-state index in [1.165, 1.54) is 35.7 Å². The Kier molecular flexibility index (Phi) is 6.12. The topological polar surface area (TPSA) is 115 Å². The van der Waals surface area contributed by atoms with Crippen molar-refractivity contribution < 1.29 is 19.7 Å². The maximum Gasteiger partial charge on any atom is 0.339 e. The molecule has 0 amide bonds. The lowest BCUT2D eigenvalue weighted by atomic mass is 10.1. The van der Waals surface area contributed by atoms with Crippen LogP contribution in [-0.4, -0.2) is 27.8 Å². The fourth-order valence-electron chi connectivity index (χ4n) is 2.51. The van der Waals surface area contributed by atoms with Gasteiger partial charge in [-0.05, 0) is 49.4 Å². The van der Waals surface area contributed by atoms with Crippen molar-refractivity contribution in [2.45, 2.75) is 6.92 Å². The zero-order valence-corrected chi connectivity index (χ0v) is 16.2. The molecule has 0 aliphatic rings. The molecule has 7 nitrogen and oxygen atoms in total. The zero-order chi connectivity index (χ0) is 20.8. The number of hydrogen-bond acceptors (Lipinski definition) is 7. The van der Waals surface area contributed by atoms with Crippen LogP contribution < -0.4 is 10.1 Å². The number of phenols is 1. The smallest absolute Gasteiger partial charge is 0.339 e. The van der Waals surface area contributed by atoms with E-state index in [0.29, 0.717) is 22.9 Å². The van der Waals surface area contributed by atoms with Crippen LogP contribution in [0.5, 0.6) is 11.5 Å². The molecule has 0 aliphatic heterocycles. The first-order valence-corrected chi connectivity index (χ1v) is 9.52. The molecule has 0 fully saturated rings. The summed E-state index contributed by atoms with van der Waals surface area (Å²) >= 11 is 1.33. The van der Waals surface area contributed by atoms with Crippen LogP contribution in [0.25, 0.3) is 16.8 Å². The number of thiazole rings is 1. The molecule has 3 rings (SSSR count). The Morgan fingerprint density at radius 3 is 2.72 bits per heavy atom. The molecular weight excluding hydrogens is 390 g/mol. The van der Waals surface area contributed by atoms with E-state index in [4.69, 9.17) is 9.84 Å². The number of ether oxygens (including phenoxy) is 1. The largest absolute Gasteiger partial charge is 0.507 e. The van der Waals surface area contributed by atoms with Crippen LogP contribution in [0.3, 0.4) is 0 Å². The summed E-state index contributed by atoms with van der Waals surface area (Å²) in [7, 11) is 0. The highest BCUT2D eigenvalue weighted by molar-refractivity contribution is 7.11. The molecule has 3 aromatic rings. The average Bonchev–Trinajstić information content (AvgIpc) is 3.20. The summed E-state index contributed by atoms with van der Waals surface area (Å²) < 4.78 is 5.43. The van der Waals surface area contributed by atoms with E-state index in [-0.39, 0.29) is 11.3 Å². The van der Waals surface area contributed by atoms with E-state index in [9.17, 15) is 15.2 Å². The maximum atomic E-state index is 11.1. The number of hydrogen-bond donors (Lipinski definition) is 3. The van der Waals surface area contributed by atoms with Gasteiger partial charge in [-0.3, -0.25) is 0 Å². The second-order valence-electron chi connectivity index (χ2n) is 5.85. The van der Waals surface area contributed by atoms with Crippen LogP contribution in [-0.2, 0) is 0 Å². The predicted molar refractivity (Wildman–Crippen MR) is 111 cm³/mol. The van der Waals surface area contributed by atoms with Gasteiger partial charge in [-0.1, -0.05) is 0 Å². The minimum Gasteiger partial charge on any atom is -0.507 e. The summed E-state index contributed by atoms with van der Waals surface area (Å²) in [5.41, 5.74) is 2.15. The number of allylic oxidation sites excluding steroid dienone is 1. The first-order chi connectivity index (χ1) is 14.0. The molecule has 0 saturated heterocycles. The lowest BCUT2D eigenvalue weighted by Gasteiger charge is -2.05. The number of aromatic nitrogens is 1. The number of nitriles is 1. The summed E-state index contributed by atoms with van der Waals surface area (Å²) in [5.74, 6) is -0.786. The van der Waals surface area contributed by atoms with Crippen LogP contribution in [0.2, 0.25) is 0 Å². The molecule has 1 heterocycles. The number of carbonyl (C=O) groups is 1. The van der Waals surface area contributed by atoms with E-state index in [1.54, 1.807) is 0 Å². The fraction of sp³-hybridized carbons (Fsp3) is 0.0952. The van der Waals surface area contributed by atoms with E-state index in [0.717, 1.165) is 17.0 Å². The van der Waals surface area contributed by atoms with E-state index in [1.807, 2.05) is 36.6 Å². The number of benzene rings is 2. The van der Waals surface area contributed by atoms with Crippen LogP contribution >= 0.6 is 11.3 Å². The number of aromatic hydroxyl groups is 1. The second kappa shape index (κ2) is 8.91. The summed E-state index contributed by atoms with van der Waals surface area (Å²) in [6.45, 7) is 2.52. The highest BCUT2D eigenvalue weighted by Gasteiger charge is 2.11. The predicted octanol–water partition coefficient (Wildman–Crippen LogP) is 4.59. The Morgan fingerprint density at radius 1 is 1.31 bits per heavy atom. The fourth-order valence-corrected chi connectivity index (χ4v) is 3.31. The zero-order valence-electron chi connectivity index (χ0n) is 15.4. The molecule has 0 bridgehead atoms. The van der Waals surface area contributed by atoms with Gasteiger partial charge in [0.25, 0.3) is 0 Å². The number of aromatic carboxylic acids is 1. The Bertz CT molecular complexity index is 1100. The molecule has 0 atom stereocenters. The highest BCUT2D eigenvalue weighted by atomic mass is 32.1. The molecule has 3 N–H and O–H groups in total. The highest BCUT2D eigenvalue weighted by Crippen LogP contribution is 2.28. The van der Waals surface area contributed by atoms with Crippen molar-refractivity contribution in [1.82, 2.24) is 4.98 Å². The third kappa shape index (κ3) is 4.72. The third-order valence-electron chi connectivity index (χ3n) is 3.93. The van der Waals surface area contributed by atoms with Gasteiger partial charge in [0.1, 0.15) is 33.7 Å². The number of nitrogens with one attached hydrogen (secondary N) is 1. The third-order valence-corrected chi connectivity index (χ3v) is 4.80. The summed E-state index contributed by atoms with van der Waals surface area (Å²) in [6, 6.07) is 13.7. The van der Waals surface area contributed by atoms with Gasteiger partial charge in [-0.15, -0.1) is 11.3 Å². The maximum absolute atomic E-state index is 11.1. The monoisotopic (exact) mass is 407 g/mol. The van der Waals surface area contributed by atoms with Gasteiger partial charge in [-0.25, -0.2) is 9.78 Å². The van der Waals surface area contributed by atoms with E-state index >= 15 is 0 Å². The van der Waals surface area contributed by atoms with Crippen LogP contribution in [0.1, 0.15) is 22.3 Å². The molecule has 0 spiro atoms. The number of carboxylic acids is 1. The summed E-state index contributed by atoms with van der Waals surface area (Å²) in [6.07, 6.45) is 1.46. The van der Waals surface area contributed by atoms with Crippen molar-refractivity contribution in [2.75, 3.05) is 11.9 Å². The molecule has 0 radical (unpaired) electrons. The van der Waals surface area contributed by atoms with E-state index < -0.39 is 5.97 Å². The van der Waals surface area contributed by atoms with Crippen molar-refractivity contribution in [1.29, 1.82) is 5.26 Å². The number of anilines is 1. The van der Waals surface area contributed by atoms with Crippen molar-refractivity contribution >= 4 is 28.6 Å². The SMILES string of the molecule is CCOc1ccc(-c2csc(/C(C#N)=C/Nc3ccc(O)c(C(=O)O)c3)n2)cc1. The first kappa shape index (κ1) is 19.9. The summed E-state index contributed by atoms with van der Waals surface area (Å²) in [4.78, 5) is 15.6. The molecule has 146 valence electrons. The van der Waals surface area contributed by atoms with E-state index in [2.05, 4.69) is 16.4 Å². The normalized spacial score (nSPS) is 11.0. The van der Waals surface area contributed by atoms with Crippen molar-refractivity contribution in [2.24, 2.45) is 0 Å². The van der Waals surface area contributed by atoms with Gasteiger partial charge >= 0.3 is 5.97 Å². The molecule has 0 aliphatic carbocycles. The van der Waals surface area contributed by atoms with Crippen LogP contribution in [0.4, 0.5) is 5.69 Å². The van der Waals surface area contributed by atoms with Crippen LogP contribution in [0, 0.1) is 11.3 Å². The minimum absolute atomic E-state index is 0.228. The Balaban J connectivity index is 1.80. The van der Waals surface area contributed by atoms with Gasteiger partial charge in [0, 0.05) is 22.8 Å². The average molecular weight is 407 g/mol. The Labute approximate surface area is 171 Å². The molecule has 1 aromatic heterocycles. The second-order valence-corrected chi connectivity index (χ2v) is 6.70. The molecule has 0 saturated carbocycles. The standard InChI is InChI=1S/C21H17N3O4S/c1-2-28-16-6-3-13(4-7-16)18-12-29-20(24-18)14(10-22)11-23-15-5-8-19(25)17(9-15)21(26)27/h3-9,11-12,23,25H,2H2,1H3,(H,26,27)/b14-11+. The van der Waals surface area contributed by atoms with Gasteiger partial charge < -0.3 is 20.3 Å². The lowest BCUT2D eigenvalue weighted by Crippen LogP contribution is -1.98.